The molecule has 1 aromatic carbocycles. The number of nitrogens with one attached hydrogen (secondary N) is 2. The molecule has 1 saturated carbocycles. The van der Waals surface area contributed by atoms with E-state index in [1.165, 1.54) is 4.90 Å². The third-order valence-electron chi connectivity index (χ3n) is 8.21. The fourth-order valence-electron chi connectivity index (χ4n) is 5.95. The lowest BCUT2D eigenvalue weighted by Gasteiger charge is -2.30. The number of fused-ring (bicyclic) bond motifs is 3. The molecule has 2 aromatic rings. The monoisotopic (exact) mass is 592 g/mol. The maximum absolute atomic E-state index is 14.1. The summed E-state index contributed by atoms with van der Waals surface area (Å²) in [5.41, 5.74) is -1.41. The summed E-state index contributed by atoms with van der Waals surface area (Å²) in [7, 11) is 0. The van der Waals surface area contributed by atoms with Gasteiger partial charge in [0.25, 0.3) is 0 Å². The minimum Gasteiger partial charge on any atom is -0.488 e. The molecule has 11 nitrogen and oxygen atoms in total. The number of hydrogen-bond acceptors (Lipinski definition) is 7. The average molecular weight is 593 g/mol. The number of aliphatic carboxylic acids is 1. The molecule has 0 unspecified atom stereocenters. The van der Waals surface area contributed by atoms with E-state index in [2.05, 4.69) is 15.6 Å². The first-order valence-corrected chi connectivity index (χ1v) is 15.0. The zero-order valence-corrected chi connectivity index (χ0v) is 24.9. The number of aromatic nitrogens is 1. The number of carbonyl (C=O) groups is 4. The Bertz CT molecular complexity index is 1410. The van der Waals surface area contributed by atoms with Crippen LogP contribution in [0.5, 0.6) is 5.75 Å². The fraction of sp³-hybridized carbons (Fsp3) is 0.531. The highest BCUT2D eigenvalue weighted by Crippen LogP contribution is 2.45. The number of carbonyl (C=O) groups excluding carboxylic acids is 3. The summed E-state index contributed by atoms with van der Waals surface area (Å²) in [6.07, 6.45) is 8.14. The van der Waals surface area contributed by atoms with Gasteiger partial charge in [-0.05, 0) is 64.7 Å². The summed E-state index contributed by atoms with van der Waals surface area (Å²) in [5.74, 6) is -1.83. The molecule has 2 aliphatic heterocycles. The first kappa shape index (κ1) is 30.3. The second kappa shape index (κ2) is 12.2. The highest BCUT2D eigenvalue weighted by Gasteiger charge is 2.61. The Kier molecular flexibility index (Phi) is 8.62. The normalized spacial score (nSPS) is 28.9. The molecular weight excluding hydrogens is 552 g/mol. The molecule has 1 saturated heterocycles. The number of pyridine rings is 1. The summed E-state index contributed by atoms with van der Waals surface area (Å²) < 4.78 is 11.8. The van der Waals surface area contributed by atoms with Crippen molar-refractivity contribution < 1.29 is 33.8 Å². The Morgan fingerprint density at radius 3 is 2.70 bits per heavy atom. The summed E-state index contributed by atoms with van der Waals surface area (Å²) in [6.45, 7) is 5.32. The van der Waals surface area contributed by atoms with Crippen molar-refractivity contribution in [3.8, 4) is 5.75 Å². The Hall–Kier alpha value is -4.15. The first-order chi connectivity index (χ1) is 20.5. The van der Waals surface area contributed by atoms with Gasteiger partial charge in [0.1, 0.15) is 35.1 Å². The van der Waals surface area contributed by atoms with Gasteiger partial charge in [-0.1, -0.05) is 37.1 Å². The van der Waals surface area contributed by atoms with Gasteiger partial charge in [-0.15, -0.1) is 0 Å². The van der Waals surface area contributed by atoms with Crippen molar-refractivity contribution in [2.75, 3.05) is 6.54 Å². The first-order valence-electron chi connectivity index (χ1n) is 15.0. The fourth-order valence-corrected chi connectivity index (χ4v) is 5.95. The van der Waals surface area contributed by atoms with Crippen LogP contribution < -0.4 is 15.4 Å². The van der Waals surface area contributed by atoms with Gasteiger partial charge in [0.15, 0.2) is 0 Å². The Balaban J connectivity index is 1.44. The Labute approximate surface area is 251 Å². The number of carboxylic acids is 1. The molecule has 1 aromatic heterocycles. The molecule has 3 aliphatic rings. The number of ether oxygens (including phenoxy) is 2. The van der Waals surface area contributed by atoms with E-state index in [4.69, 9.17) is 9.47 Å². The molecule has 230 valence electrons. The van der Waals surface area contributed by atoms with Gasteiger partial charge >= 0.3 is 12.1 Å². The van der Waals surface area contributed by atoms with E-state index in [1.54, 1.807) is 33.0 Å². The number of amides is 3. The van der Waals surface area contributed by atoms with Crippen LogP contribution >= 0.6 is 0 Å². The van der Waals surface area contributed by atoms with Crippen molar-refractivity contribution >= 4 is 34.8 Å². The molecule has 3 amide bonds. The number of rotatable bonds is 4. The molecule has 43 heavy (non-hydrogen) atoms. The summed E-state index contributed by atoms with van der Waals surface area (Å²) in [6, 6.07) is 7.36. The minimum atomic E-state index is -1.41. The molecule has 11 heteroatoms. The number of nitrogens with zero attached hydrogens (tertiary/aromatic N) is 2. The Morgan fingerprint density at radius 1 is 1.14 bits per heavy atom. The lowest BCUT2D eigenvalue weighted by molar-refractivity contribution is -0.145. The van der Waals surface area contributed by atoms with Gasteiger partial charge in [-0.3, -0.25) is 14.6 Å². The summed E-state index contributed by atoms with van der Waals surface area (Å²) in [5, 5.41) is 16.4. The molecule has 0 spiro atoms. The number of benzene rings is 1. The quantitative estimate of drug-likeness (QED) is 0.452. The average Bonchev–Trinajstić information content (AvgIpc) is 3.48. The van der Waals surface area contributed by atoms with Crippen molar-refractivity contribution in [2.45, 2.75) is 95.0 Å². The molecule has 3 heterocycles. The van der Waals surface area contributed by atoms with Crippen LogP contribution in [0.1, 0.15) is 65.7 Å². The predicted molar refractivity (Wildman–Crippen MR) is 158 cm³/mol. The Morgan fingerprint density at radius 2 is 1.93 bits per heavy atom. The summed E-state index contributed by atoms with van der Waals surface area (Å²) in [4.78, 5) is 58.8. The van der Waals surface area contributed by atoms with Crippen molar-refractivity contribution in [3.63, 3.8) is 0 Å². The van der Waals surface area contributed by atoms with E-state index in [0.717, 1.165) is 30.2 Å². The molecule has 0 bridgehead atoms. The zero-order valence-electron chi connectivity index (χ0n) is 24.9. The zero-order chi connectivity index (χ0) is 30.8. The largest absolute Gasteiger partial charge is 0.488 e. The van der Waals surface area contributed by atoms with Crippen LogP contribution in [0.15, 0.2) is 48.7 Å². The standard InChI is InChI=1S/C32H40N4O7/c1-31(2,3)43-30(41)34-24-14-8-6-4-5-7-11-20-18-32(20,29(39)40)35-27(37)25-17-21(19-36(25)28(24)38)42-26-15-16-33-23-13-10-9-12-22(23)26/h7,9-13,15-16,20-21,24-25H,4-6,8,14,17-19H2,1-3H3,(H,34,41)(H,35,37)(H,39,40)/b11-7-/t20-,21-,24+,25+,32-/m1/s1. The van der Waals surface area contributed by atoms with Crippen LogP contribution in [0, 0.1) is 5.92 Å². The molecular formula is C32H40N4O7. The molecule has 2 fully saturated rings. The number of alkyl carbamates (subject to hydrolysis) is 1. The third-order valence-corrected chi connectivity index (χ3v) is 8.21. The van der Waals surface area contributed by atoms with E-state index in [9.17, 15) is 24.3 Å². The van der Waals surface area contributed by atoms with Crippen molar-refractivity contribution in [1.82, 2.24) is 20.5 Å². The highest BCUT2D eigenvalue weighted by molar-refractivity contribution is 5.96. The number of hydrogen-bond donors (Lipinski definition) is 3. The van der Waals surface area contributed by atoms with E-state index in [0.29, 0.717) is 18.6 Å². The lowest BCUT2D eigenvalue weighted by Crippen LogP contribution is -2.56. The maximum Gasteiger partial charge on any atom is 0.408 e. The number of allylic oxidation sites excluding steroid dienone is 1. The van der Waals surface area contributed by atoms with Crippen LogP contribution in [0.25, 0.3) is 10.9 Å². The molecule has 0 radical (unpaired) electrons. The van der Waals surface area contributed by atoms with Crippen molar-refractivity contribution in [1.29, 1.82) is 0 Å². The minimum absolute atomic E-state index is 0.0868. The highest BCUT2D eigenvalue weighted by atomic mass is 16.6. The van der Waals surface area contributed by atoms with Crippen LogP contribution in [0.3, 0.4) is 0 Å². The van der Waals surface area contributed by atoms with Crippen LogP contribution in [-0.2, 0) is 19.1 Å². The second-order valence-electron chi connectivity index (χ2n) is 12.6. The van der Waals surface area contributed by atoms with E-state index in [1.807, 2.05) is 36.4 Å². The van der Waals surface area contributed by atoms with Gasteiger partial charge in [0.2, 0.25) is 11.8 Å². The van der Waals surface area contributed by atoms with E-state index in [-0.39, 0.29) is 25.3 Å². The van der Waals surface area contributed by atoms with Gasteiger partial charge < -0.3 is 30.1 Å². The molecule has 5 rings (SSSR count). The predicted octanol–water partition coefficient (Wildman–Crippen LogP) is 3.96. The molecule has 5 atom stereocenters. The maximum atomic E-state index is 14.1. The number of para-hydroxylation sites is 1. The molecule has 1 aliphatic carbocycles. The van der Waals surface area contributed by atoms with Crippen molar-refractivity contribution in [2.24, 2.45) is 5.92 Å². The lowest BCUT2D eigenvalue weighted by atomic mass is 10.0. The van der Waals surface area contributed by atoms with Gasteiger partial charge in [-0.2, -0.15) is 0 Å². The molecule has 3 N–H and O–H groups in total. The van der Waals surface area contributed by atoms with Crippen LogP contribution in [-0.4, -0.2) is 74.7 Å². The van der Waals surface area contributed by atoms with Crippen LogP contribution in [0.4, 0.5) is 4.79 Å². The summed E-state index contributed by atoms with van der Waals surface area (Å²) >= 11 is 0. The third kappa shape index (κ3) is 6.92. The number of carboxylic acid groups (broad SMARTS) is 1. The second-order valence-corrected chi connectivity index (χ2v) is 12.6. The van der Waals surface area contributed by atoms with Gasteiger partial charge in [-0.25, -0.2) is 9.59 Å². The SMILES string of the molecule is CC(C)(C)OC(=O)N[C@H]1CCCCC/C=C\[C@@H]2C[C@@]2(C(=O)O)NC(=O)[C@@H]2C[C@@H](Oc3ccnc4ccccc34)CN2C1=O. The van der Waals surface area contributed by atoms with Gasteiger partial charge in [0.05, 0.1) is 12.1 Å². The van der Waals surface area contributed by atoms with E-state index >= 15 is 0 Å². The van der Waals surface area contributed by atoms with Crippen molar-refractivity contribution in [3.05, 3.63) is 48.7 Å². The van der Waals surface area contributed by atoms with E-state index < -0.39 is 53.2 Å². The smallest absolute Gasteiger partial charge is 0.408 e. The topological polar surface area (TPSA) is 147 Å². The van der Waals surface area contributed by atoms with Crippen LogP contribution in [0.2, 0.25) is 0 Å². The van der Waals surface area contributed by atoms with Gasteiger partial charge in [0, 0.05) is 23.9 Å².